The van der Waals surface area contributed by atoms with Crippen molar-refractivity contribution in [3.63, 3.8) is 0 Å². The van der Waals surface area contributed by atoms with Gasteiger partial charge in [-0.05, 0) is 11.8 Å². The van der Waals surface area contributed by atoms with Crippen LogP contribution in [0, 0.1) is 5.41 Å². The van der Waals surface area contributed by atoms with Gasteiger partial charge >= 0.3 is 16.4 Å². The average molecular weight is 350 g/mol. The van der Waals surface area contributed by atoms with Crippen LogP contribution in [-0.2, 0) is 24.3 Å². The summed E-state index contributed by atoms with van der Waals surface area (Å²) in [6.07, 6.45) is 0.222. The fourth-order valence-electron chi connectivity index (χ4n) is 2.82. The van der Waals surface area contributed by atoms with Crippen molar-refractivity contribution in [2.75, 3.05) is 6.54 Å². The maximum Gasteiger partial charge on any atom is 0.418 e. The van der Waals surface area contributed by atoms with Crippen molar-refractivity contribution in [1.29, 1.82) is 0 Å². The van der Waals surface area contributed by atoms with E-state index in [0.29, 0.717) is 5.06 Å². The van der Waals surface area contributed by atoms with E-state index in [9.17, 15) is 22.8 Å². The van der Waals surface area contributed by atoms with Crippen LogP contribution in [0.5, 0.6) is 0 Å². The molecular formula is C11H18N4O7S. The highest BCUT2D eigenvalue weighted by Gasteiger charge is 2.56. The van der Waals surface area contributed by atoms with Gasteiger partial charge in [-0.1, -0.05) is 13.8 Å². The van der Waals surface area contributed by atoms with E-state index in [1.165, 1.54) is 6.92 Å². The summed E-state index contributed by atoms with van der Waals surface area (Å²) in [6, 6.07) is -2.40. The minimum absolute atomic E-state index is 0.0551. The van der Waals surface area contributed by atoms with Gasteiger partial charge in [-0.2, -0.15) is 13.5 Å². The normalized spacial score (nSPS) is 26.2. The van der Waals surface area contributed by atoms with E-state index < -0.39 is 45.7 Å². The highest BCUT2D eigenvalue weighted by atomic mass is 32.3. The van der Waals surface area contributed by atoms with Crippen LogP contribution in [0.25, 0.3) is 0 Å². The maximum atomic E-state index is 12.3. The van der Waals surface area contributed by atoms with Crippen LogP contribution in [0.15, 0.2) is 0 Å². The third-order valence-corrected chi connectivity index (χ3v) is 4.27. The highest BCUT2D eigenvalue weighted by Crippen LogP contribution is 2.42. The van der Waals surface area contributed by atoms with Crippen molar-refractivity contribution < 1.29 is 31.6 Å². The Labute approximate surface area is 132 Å². The van der Waals surface area contributed by atoms with E-state index in [0.717, 1.165) is 4.90 Å². The van der Waals surface area contributed by atoms with E-state index in [1.807, 2.05) is 0 Å². The molecule has 0 aliphatic carbocycles. The molecule has 2 aliphatic heterocycles. The number of fused-ring (bicyclic) bond motifs is 2. The number of nitrogens with one attached hydrogen (secondary N) is 2. The molecule has 23 heavy (non-hydrogen) atoms. The molecule has 2 heterocycles. The molecule has 2 atom stereocenters. The lowest BCUT2D eigenvalue weighted by Gasteiger charge is -2.40. The molecule has 12 heteroatoms. The summed E-state index contributed by atoms with van der Waals surface area (Å²) in [5, 5.41) is 0.570. The average Bonchev–Trinajstić information content (AvgIpc) is 2.66. The van der Waals surface area contributed by atoms with Gasteiger partial charge in [-0.3, -0.25) is 25.0 Å². The third kappa shape index (κ3) is 3.54. The van der Waals surface area contributed by atoms with Crippen molar-refractivity contribution >= 4 is 28.2 Å². The summed E-state index contributed by atoms with van der Waals surface area (Å²) in [5.41, 5.74) is 3.67. The van der Waals surface area contributed by atoms with E-state index in [4.69, 9.17) is 4.55 Å². The molecule has 130 valence electrons. The molecule has 2 bridgehead atoms. The van der Waals surface area contributed by atoms with Crippen LogP contribution in [-0.4, -0.2) is 59.4 Å². The van der Waals surface area contributed by atoms with Crippen LogP contribution in [0.3, 0.4) is 0 Å². The molecule has 0 spiro atoms. The van der Waals surface area contributed by atoms with Gasteiger partial charge < -0.3 is 4.90 Å². The lowest BCUT2D eigenvalue weighted by Crippen LogP contribution is -2.57. The molecule has 11 nitrogen and oxygen atoms in total. The zero-order chi connectivity index (χ0) is 17.6. The van der Waals surface area contributed by atoms with E-state index in [2.05, 4.69) is 15.1 Å². The maximum absolute atomic E-state index is 12.3. The number of rotatable bonds is 3. The molecule has 4 amide bonds. The predicted molar refractivity (Wildman–Crippen MR) is 74.5 cm³/mol. The number of hydroxylamine groups is 2. The fraction of sp³-hybridized carbons (Fsp3) is 0.727. The van der Waals surface area contributed by atoms with Crippen molar-refractivity contribution in [2.45, 2.75) is 39.3 Å². The second-order valence-corrected chi connectivity index (χ2v) is 7.16. The first kappa shape index (κ1) is 17.4. The number of nitrogens with zero attached hydrogens (tertiary/aromatic N) is 2. The summed E-state index contributed by atoms with van der Waals surface area (Å²) in [5.74, 6) is -1.08. The number of piperidine rings is 1. The number of hydrazine groups is 1. The number of amides is 4. The van der Waals surface area contributed by atoms with Crippen LogP contribution in [0.2, 0.25) is 0 Å². The Balaban J connectivity index is 2.24. The summed E-state index contributed by atoms with van der Waals surface area (Å²) in [7, 11) is -4.87. The van der Waals surface area contributed by atoms with Crippen molar-refractivity contribution in [1.82, 2.24) is 20.8 Å². The lowest BCUT2D eigenvalue weighted by molar-refractivity contribution is -0.132. The molecule has 2 aliphatic rings. The van der Waals surface area contributed by atoms with Gasteiger partial charge in [0.15, 0.2) is 0 Å². The van der Waals surface area contributed by atoms with Gasteiger partial charge in [-0.25, -0.2) is 4.79 Å². The zero-order valence-electron chi connectivity index (χ0n) is 12.8. The highest BCUT2D eigenvalue weighted by molar-refractivity contribution is 7.80. The zero-order valence-corrected chi connectivity index (χ0v) is 13.6. The van der Waals surface area contributed by atoms with Gasteiger partial charge in [0.1, 0.15) is 6.04 Å². The topological polar surface area (TPSA) is 145 Å². The Bertz CT molecular complexity index is 647. The molecule has 2 saturated heterocycles. The quantitative estimate of drug-likeness (QED) is 0.428. The molecule has 0 aromatic heterocycles. The van der Waals surface area contributed by atoms with E-state index in [1.54, 1.807) is 13.8 Å². The van der Waals surface area contributed by atoms with Crippen LogP contribution >= 0.6 is 0 Å². The monoisotopic (exact) mass is 350 g/mol. The molecule has 0 saturated carbocycles. The Morgan fingerprint density at radius 2 is 1.96 bits per heavy atom. The second kappa shape index (κ2) is 5.62. The van der Waals surface area contributed by atoms with Gasteiger partial charge in [0.25, 0.3) is 5.91 Å². The first-order chi connectivity index (χ1) is 10.4. The van der Waals surface area contributed by atoms with Gasteiger partial charge in [-0.15, -0.1) is 4.28 Å². The molecule has 0 radical (unpaired) electrons. The standard InChI is InChI=1S/C11H18N4O7S/c1-6(16)12-13-9(17)7-4-11(2,3)8-5-14(7)10(18)15(8)22-23(19,20)21/h7-8H,4-5H2,1-3H3,(H,12,16)(H,13,17)(H,19,20,21)/t7-,8-/m0/s1. The minimum Gasteiger partial charge on any atom is -0.309 e. The van der Waals surface area contributed by atoms with E-state index >= 15 is 0 Å². The molecule has 2 rings (SSSR count). The predicted octanol–water partition coefficient (Wildman–Crippen LogP) is -1.21. The van der Waals surface area contributed by atoms with Crippen LogP contribution in [0.1, 0.15) is 27.2 Å². The number of urea groups is 1. The number of carbonyl (C=O) groups is 3. The first-order valence-corrected chi connectivity index (χ1v) is 8.12. The van der Waals surface area contributed by atoms with Crippen molar-refractivity contribution in [3.8, 4) is 0 Å². The van der Waals surface area contributed by atoms with Crippen molar-refractivity contribution in [2.24, 2.45) is 5.41 Å². The van der Waals surface area contributed by atoms with Gasteiger partial charge in [0.05, 0.1) is 6.04 Å². The lowest BCUT2D eigenvalue weighted by atomic mass is 9.76. The van der Waals surface area contributed by atoms with Gasteiger partial charge in [0, 0.05) is 13.5 Å². The Kier molecular flexibility index (Phi) is 4.26. The molecular weight excluding hydrogens is 332 g/mol. The Morgan fingerprint density at radius 3 is 2.48 bits per heavy atom. The molecule has 3 N–H and O–H groups in total. The number of carbonyl (C=O) groups excluding carboxylic acids is 3. The fourth-order valence-corrected chi connectivity index (χ4v) is 3.19. The van der Waals surface area contributed by atoms with E-state index in [-0.39, 0.29) is 13.0 Å². The molecule has 2 fully saturated rings. The van der Waals surface area contributed by atoms with Crippen molar-refractivity contribution in [3.05, 3.63) is 0 Å². The smallest absolute Gasteiger partial charge is 0.309 e. The van der Waals surface area contributed by atoms with Crippen LogP contribution < -0.4 is 10.9 Å². The number of hydrogen-bond donors (Lipinski definition) is 3. The summed E-state index contributed by atoms with van der Waals surface area (Å²) < 4.78 is 35.0. The largest absolute Gasteiger partial charge is 0.418 e. The first-order valence-electron chi connectivity index (χ1n) is 6.75. The Morgan fingerprint density at radius 1 is 1.35 bits per heavy atom. The Hall–Kier alpha value is -1.92. The second-order valence-electron chi connectivity index (χ2n) is 6.16. The molecule has 0 unspecified atom stereocenters. The molecule has 0 aromatic carbocycles. The summed E-state index contributed by atoms with van der Waals surface area (Å²) >= 11 is 0. The van der Waals surface area contributed by atoms with Crippen LogP contribution in [0.4, 0.5) is 4.79 Å². The number of hydrogen-bond acceptors (Lipinski definition) is 6. The SMILES string of the molecule is CC(=O)NNC(=O)[C@@H]1CC(C)(C)[C@@H]2CN1C(=O)N2OS(=O)(=O)O. The third-order valence-electron chi connectivity index (χ3n) is 3.92. The minimum atomic E-state index is -4.87. The van der Waals surface area contributed by atoms with Gasteiger partial charge in [0.2, 0.25) is 5.91 Å². The summed E-state index contributed by atoms with van der Waals surface area (Å²) in [4.78, 5) is 36.5. The molecule has 0 aromatic rings. The summed E-state index contributed by atoms with van der Waals surface area (Å²) in [6.45, 7) is 4.75.